The Kier molecular flexibility index (Phi) is 6.99. The Hall–Kier alpha value is -4.01. The number of benzene rings is 2. The summed E-state index contributed by atoms with van der Waals surface area (Å²) in [7, 11) is 1.43. The molecule has 9 heteroatoms. The summed E-state index contributed by atoms with van der Waals surface area (Å²) in [6.45, 7) is 3.44. The number of hydrogen-bond acceptors (Lipinski definition) is 6. The van der Waals surface area contributed by atoms with E-state index in [0.29, 0.717) is 22.8 Å². The zero-order valence-corrected chi connectivity index (χ0v) is 17.9. The number of fused-ring (bicyclic) bond motifs is 1. The minimum atomic E-state index is -1.17. The van der Waals surface area contributed by atoms with Gasteiger partial charge in [-0.1, -0.05) is 32.0 Å². The number of carbonyl (C=O) groups is 3. The monoisotopic (exact) mass is 440 g/mol. The van der Waals surface area contributed by atoms with Gasteiger partial charge in [0.25, 0.3) is 11.8 Å². The molecular formula is C23H24N2O7. The molecule has 32 heavy (non-hydrogen) atoms. The van der Waals surface area contributed by atoms with Crippen LogP contribution in [0.4, 0.5) is 0 Å². The number of nitrogens with one attached hydrogen (secondary N) is 2. The van der Waals surface area contributed by atoms with E-state index in [1.54, 1.807) is 56.3 Å². The first kappa shape index (κ1) is 22.7. The van der Waals surface area contributed by atoms with Crippen molar-refractivity contribution in [1.29, 1.82) is 0 Å². The lowest BCUT2D eigenvalue weighted by molar-refractivity contribution is -0.142. The van der Waals surface area contributed by atoms with E-state index in [2.05, 4.69) is 10.6 Å². The lowest BCUT2D eigenvalue weighted by atomic mass is 10.0. The fourth-order valence-corrected chi connectivity index (χ4v) is 3.08. The number of carboxylic acids is 1. The van der Waals surface area contributed by atoms with Crippen molar-refractivity contribution in [2.24, 2.45) is 5.92 Å². The van der Waals surface area contributed by atoms with Crippen LogP contribution in [0.2, 0.25) is 0 Å². The highest BCUT2D eigenvalue weighted by molar-refractivity contribution is 6.07. The molecule has 0 fully saturated rings. The molecule has 0 radical (unpaired) electrons. The highest BCUT2D eigenvalue weighted by atomic mass is 16.7. The van der Waals surface area contributed by atoms with Crippen molar-refractivity contribution in [3.63, 3.8) is 0 Å². The van der Waals surface area contributed by atoms with Crippen LogP contribution < -0.4 is 24.8 Å². The van der Waals surface area contributed by atoms with Crippen molar-refractivity contribution >= 4 is 23.9 Å². The number of carbonyl (C=O) groups excluding carboxylic acids is 2. The maximum Gasteiger partial charge on any atom is 0.326 e. The second kappa shape index (κ2) is 9.86. The summed E-state index contributed by atoms with van der Waals surface area (Å²) in [5, 5.41) is 14.5. The molecule has 0 spiro atoms. The van der Waals surface area contributed by atoms with Crippen LogP contribution in [0, 0.1) is 5.92 Å². The van der Waals surface area contributed by atoms with Crippen LogP contribution >= 0.6 is 0 Å². The van der Waals surface area contributed by atoms with E-state index < -0.39 is 23.8 Å². The van der Waals surface area contributed by atoms with Crippen molar-refractivity contribution in [3.8, 4) is 17.2 Å². The zero-order chi connectivity index (χ0) is 23.3. The van der Waals surface area contributed by atoms with E-state index in [4.69, 9.17) is 14.2 Å². The Labute approximate surface area is 185 Å². The van der Waals surface area contributed by atoms with Gasteiger partial charge in [-0.2, -0.15) is 0 Å². The highest BCUT2D eigenvalue weighted by Gasteiger charge is 2.26. The molecule has 0 saturated carbocycles. The maximum atomic E-state index is 13.0. The Balaban J connectivity index is 1.94. The van der Waals surface area contributed by atoms with E-state index in [1.807, 2.05) is 0 Å². The topological polar surface area (TPSA) is 123 Å². The largest absolute Gasteiger partial charge is 0.496 e. The molecule has 9 nitrogen and oxygen atoms in total. The van der Waals surface area contributed by atoms with Crippen LogP contribution in [-0.2, 0) is 9.59 Å². The van der Waals surface area contributed by atoms with Crippen LogP contribution in [0.3, 0.4) is 0 Å². The molecule has 168 valence electrons. The number of ether oxygens (including phenoxy) is 3. The number of methoxy groups -OCH3 is 1. The van der Waals surface area contributed by atoms with Crippen molar-refractivity contribution in [1.82, 2.24) is 10.6 Å². The second-order valence-corrected chi connectivity index (χ2v) is 7.36. The zero-order valence-electron chi connectivity index (χ0n) is 17.9. The molecule has 2 amide bonds. The van der Waals surface area contributed by atoms with Gasteiger partial charge in [0.15, 0.2) is 11.5 Å². The highest BCUT2D eigenvalue weighted by Crippen LogP contribution is 2.33. The van der Waals surface area contributed by atoms with Crippen molar-refractivity contribution in [2.45, 2.75) is 19.9 Å². The van der Waals surface area contributed by atoms with Gasteiger partial charge in [0.05, 0.1) is 12.7 Å². The predicted octanol–water partition coefficient (Wildman–Crippen LogP) is 2.42. The van der Waals surface area contributed by atoms with Crippen molar-refractivity contribution < 1.29 is 33.7 Å². The van der Waals surface area contributed by atoms with E-state index in [1.165, 1.54) is 13.2 Å². The first-order valence-electron chi connectivity index (χ1n) is 9.89. The van der Waals surface area contributed by atoms with Crippen LogP contribution in [-0.4, -0.2) is 42.8 Å². The summed E-state index contributed by atoms with van der Waals surface area (Å²) in [5.41, 5.74) is 0.640. The molecular weight excluding hydrogens is 416 g/mol. The molecule has 1 heterocycles. The van der Waals surface area contributed by atoms with Gasteiger partial charge in [-0.15, -0.1) is 0 Å². The molecule has 3 rings (SSSR count). The third kappa shape index (κ3) is 5.18. The predicted molar refractivity (Wildman–Crippen MR) is 115 cm³/mol. The van der Waals surface area contributed by atoms with Crippen molar-refractivity contribution in [2.75, 3.05) is 13.9 Å². The molecule has 1 aliphatic heterocycles. The van der Waals surface area contributed by atoms with Crippen molar-refractivity contribution in [3.05, 3.63) is 59.3 Å². The molecule has 0 bridgehead atoms. The van der Waals surface area contributed by atoms with Gasteiger partial charge in [0.1, 0.15) is 17.5 Å². The van der Waals surface area contributed by atoms with Gasteiger partial charge >= 0.3 is 5.97 Å². The maximum absolute atomic E-state index is 13.0. The van der Waals surface area contributed by atoms with E-state index in [9.17, 15) is 19.5 Å². The first-order valence-corrected chi connectivity index (χ1v) is 9.89. The lowest BCUT2D eigenvalue weighted by Gasteiger charge is -2.19. The summed E-state index contributed by atoms with van der Waals surface area (Å²) in [5.74, 6) is -1.47. The van der Waals surface area contributed by atoms with Crippen LogP contribution in [0.25, 0.3) is 6.08 Å². The number of carboxylic acid groups (broad SMARTS) is 1. The van der Waals surface area contributed by atoms with E-state index in [-0.39, 0.29) is 24.0 Å². The molecule has 0 aliphatic carbocycles. The third-order valence-corrected chi connectivity index (χ3v) is 4.77. The Morgan fingerprint density at radius 3 is 2.50 bits per heavy atom. The Morgan fingerprint density at radius 2 is 1.81 bits per heavy atom. The third-order valence-electron chi connectivity index (χ3n) is 4.77. The molecule has 1 aliphatic rings. The summed E-state index contributed by atoms with van der Waals surface area (Å²) in [6.07, 6.45) is 1.43. The standard InChI is InChI=1S/C23H24N2O7/c1-13(2)20(23(28)29)25-22(27)16(10-14-8-9-18-19(11-14)32-12-31-18)24-21(26)15-6-4-5-7-17(15)30-3/h4-11,13,20H,12H2,1-3H3,(H,24,26)(H,25,27)(H,28,29)/b16-10+/t20-/m0/s1. The summed E-state index contributed by atoms with van der Waals surface area (Å²) in [4.78, 5) is 37.4. The average Bonchev–Trinajstić information content (AvgIpc) is 3.24. The quantitative estimate of drug-likeness (QED) is 0.539. The van der Waals surface area contributed by atoms with E-state index in [0.717, 1.165) is 0 Å². The molecule has 2 aromatic carbocycles. The number of amides is 2. The minimum absolute atomic E-state index is 0.0923. The van der Waals surface area contributed by atoms with Gasteiger partial charge < -0.3 is 30.0 Å². The summed E-state index contributed by atoms with van der Waals surface area (Å²) >= 11 is 0. The molecule has 0 saturated heterocycles. The SMILES string of the molecule is COc1ccccc1C(=O)N/C(=C/c1ccc2c(c1)OCO2)C(=O)N[C@H](C(=O)O)C(C)C. The molecule has 0 unspecified atom stereocenters. The Bertz CT molecular complexity index is 1060. The normalized spacial score (nSPS) is 13.4. The summed E-state index contributed by atoms with van der Waals surface area (Å²) in [6, 6.07) is 10.4. The molecule has 2 aromatic rings. The molecule has 3 N–H and O–H groups in total. The Morgan fingerprint density at radius 1 is 1.09 bits per heavy atom. The fraction of sp³-hybridized carbons (Fsp3) is 0.261. The van der Waals surface area contributed by atoms with Crippen LogP contribution in [0.15, 0.2) is 48.2 Å². The number of hydrogen-bond donors (Lipinski definition) is 3. The molecule has 0 aromatic heterocycles. The van der Waals surface area contributed by atoms with Gasteiger partial charge in [0.2, 0.25) is 6.79 Å². The minimum Gasteiger partial charge on any atom is -0.496 e. The van der Waals surface area contributed by atoms with Gasteiger partial charge in [-0.05, 0) is 41.8 Å². The second-order valence-electron chi connectivity index (χ2n) is 7.36. The lowest BCUT2D eigenvalue weighted by Crippen LogP contribution is -2.47. The first-order chi connectivity index (χ1) is 15.3. The van der Waals surface area contributed by atoms with Gasteiger partial charge in [0, 0.05) is 0 Å². The summed E-state index contributed by atoms with van der Waals surface area (Å²) < 4.78 is 15.9. The smallest absolute Gasteiger partial charge is 0.326 e. The number of para-hydroxylation sites is 1. The fourth-order valence-electron chi connectivity index (χ4n) is 3.08. The number of aliphatic carboxylic acids is 1. The van der Waals surface area contributed by atoms with Gasteiger partial charge in [-0.25, -0.2) is 4.79 Å². The van der Waals surface area contributed by atoms with Crippen LogP contribution in [0.5, 0.6) is 17.2 Å². The average molecular weight is 440 g/mol. The van der Waals surface area contributed by atoms with Gasteiger partial charge in [-0.3, -0.25) is 9.59 Å². The molecule has 1 atom stereocenters. The van der Waals surface area contributed by atoms with E-state index >= 15 is 0 Å². The number of rotatable bonds is 8. The van der Waals surface area contributed by atoms with Crippen LogP contribution in [0.1, 0.15) is 29.8 Å².